The number of hydrogen-bond acceptors (Lipinski definition) is 5. The van der Waals surface area contributed by atoms with Crippen LogP contribution in [0.2, 0.25) is 0 Å². The first kappa shape index (κ1) is 27.2. The van der Waals surface area contributed by atoms with Gasteiger partial charge in [0, 0.05) is 17.8 Å². The van der Waals surface area contributed by atoms with Crippen molar-refractivity contribution in [1.82, 2.24) is 5.32 Å². The molecule has 4 aromatic carbocycles. The molecule has 198 valence electrons. The zero-order valence-electron chi connectivity index (χ0n) is 21.0. The van der Waals surface area contributed by atoms with Crippen molar-refractivity contribution in [2.45, 2.75) is 25.5 Å². The summed E-state index contributed by atoms with van der Waals surface area (Å²) in [5, 5.41) is 14.9. The third-order valence-corrected chi connectivity index (χ3v) is 6.61. The van der Waals surface area contributed by atoms with Gasteiger partial charge in [-0.2, -0.15) is 0 Å². The molecular weight excluding hydrogens is 507 g/mol. The smallest absolute Gasteiger partial charge is 0.341 e. The number of ether oxygens (including phenoxy) is 2. The van der Waals surface area contributed by atoms with Gasteiger partial charge in [-0.05, 0) is 72.6 Å². The Labute approximate surface area is 227 Å². The summed E-state index contributed by atoms with van der Waals surface area (Å²) in [4.78, 5) is 12.9. The summed E-state index contributed by atoms with van der Waals surface area (Å²) in [5.41, 5.74) is 2.93. The van der Waals surface area contributed by atoms with Crippen LogP contribution in [0.1, 0.15) is 24.9 Å². The van der Waals surface area contributed by atoms with Gasteiger partial charge >= 0.3 is 5.97 Å². The lowest BCUT2D eigenvalue weighted by Gasteiger charge is -2.36. The standard InChI is InChI=1S/C30H29FN2O4.ClH/c1-20(26-8-4-6-21-5-2-3-7-27(21)26)32-16-15-25-18-33(28-14-9-22(31)17-29(28)37-25)23-10-12-24(13-11-23)36-19-30(34)35;/h2-14,17,20,25,32H,15-16,18-19H2,1H3,(H,34,35);1H/t20-,25?;/m1./s1. The van der Waals surface area contributed by atoms with Crippen LogP contribution in [0, 0.1) is 5.82 Å². The lowest BCUT2D eigenvalue weighted by molar-refractivity contribution is -0.139. The molecule has 0 amide bonds. The Bertz CT molecular complexity index is 1390. The second-order valence-electron chi connectivity index (χ2n) is 9.17. The van der Waals surface area contributed by atoms with Gasteiger partial charge in [0.05, 0.1) is 12.2 Å². The van der Waals surface area contributed by atoms with Crippen LogP contribution in [0.15, 0.2) is 84.9 Å². The molecule has 0 aromatic heterocycles. The summed E-state index contributed by atoms with van der Waals surface area (Å²) in [6.07, 6.45) is 0.589. The van der Waals surface area contributed by atoms with Crippen molar-refractivity contribution >= 4 is 40.5 Å². The van der Waals surface area contributed by atoms with Crippen molar-refractivity contribution in [3.8, 4) is 11.5 Å². The van der Waals surface area contributed by atoms with E-state index in [9.17, 15) is 9.18 Å². The molecule has 0 saturated heterocycles. The average Bonchev–Trinajstić information content (AvgIpc) is 2.91. The number of hydrogen-bond donors (Lipinski definition) is 2. The third-order valence-electron chi connectivity index (χ3n) is 6.61. The number of nitrogens with one attached hydrogen (secondary N) is 1. The van der Waals surface area contributed by atoms with Crippen LogP contribution in [0.4, 0.5) is 15.8 Å². The maximum atomic E-state index is 14.1. The monoisotopic (exact) mass is 536 g/mol. The minimum atomic E-state index is -1.03. The highest BCUT2D eigenvalue weighted by Gasteiger charge is 2.27. The molecule has 38 heavy (non-hydrogen) atoms. The molecule has 2 N–H and O–H groups in total. The Morgan fingerprint density at radius 1 is 1.11 bits per heavy atom. The summed E-state index contributed by atoms with van der Waals surface area (Å²) in [5.74, 6) is -0.398. The average molecular weight is 537 g/mol. The van der Waals surface area contributed by atoms with Crippen molar-refractivity contribution in [2.75, 3.05) is 24.6 Å². The molecule has 6 nitrogen and oxygen atoms in total. The second kappa shape index (κ2) is 12.2. The van der Waals surface area contributed by atoms with Crippen molar-refractivity contribution in [3.05, 3.63) is 96.3 Å². The van der Waals surface area contributed by atoms with Gasteiger partial charge in [0.25, 0.3) is 0 Å². The summed E-state index contributed by atoms with van der Waals surface area (Å²) >= 11 is 0. The van der Waals surface area contributed by atoms with E-state index >= 15 is 0 Å². The normalized spacial score (nSPS) is 15.2. The summed E-state index contributed by atoms with van der Waals surface area (Å²) in [7, 11) is 0. The molecular formula is C30H30ClFN2O4. The predicted octanol–water partition coefficient (Wildman–Crippen LogP) is 6.50. The van der Waals surface area contributed by atoms with E-state index in [2.05, 4.69) is 53.5 Å². The molecule has 0 saturated carbocycles. The van der Waals surface area contributed by atoms with Gasteiger partial charge in [-0.25, -0.2) is 9.18 Å². The highest BCUT2D eigenvalue weighted by atomic mass is 35.5. The highest BCUT2D eigenvalue weighted by Crippen LogP contribution is 2.39. The molecule has 1 aliphatic heterocycles. The van der Waals surface area contributed by atoms with Crippen molar-refractivity contribution in [3.63, 3.8) is 0 Å². The summed E-state index contributed by atoms with van der Waals surface area (Å²) in [6.45, 7) is 3.09. The quantitative estimate of drug-likeness (QED) is 0.254. The Balaban J connectivity index is 0.00000336. The molecule has 0 radical (unpaired) electrons. The molecule has 2 atom stereocenters. The van der Waals surface area contributed by atoms with Crippen molar-refractivity contribution in [2.24, 2.45) is 0 Å². The highest BCUT2D eigenvalue weighted by molar-refractivity contribution is 5.86. The van der Waals surface area contributed by atoms with Gasteiger partial charge in [-0.3, -0.25) is 0 Å². The maximum Gasteiger partial charge on any atom is 0.341 e. The van der Waals surface area contributed by atoms with E-state index < -0.39 is 12.6 Å². The summed E-state index contributed by atoms with van der Waals surface area (Å²) < 4.78 is 25.5. The van der Waals surface area contributed by atoms with Crippen LogP contribution in [0.5, 0.6) is 11.5 Å². The Morgan fingerprint density at radius 3 is 2.66 bits per heavy atom. The largest absolute Gasteiger partial charge is 0.486 e. The molecule has 5 rings (SSSR count). The van der Waals surface area contributed by atoms with Crippen LogP contribution in [0.25, 0.3) is 10.8 Å². The Hall–Kier alpha value is -3.81. The Kier molecular flexibility index (Phi) is 8.71. The SMILES string of the molecule is C[C@@H](NCCC1CN(c2ccc(OCC(=O)O)cc2)c2ccc(F)cc2O1)c1cccc2ccccc12.Cl. The number of anilines is 2. The molecule has 8 heteroatoms. The van der Waals surface area contributed by atoms with E-state index in [0.29, 0.717) is 18.0 Å². The zero-order chi connectivity index (χ0) is 25.8. The summed E-state index contributed by atoms with van der Waals surface area (Å²) in [6, 6.07) is 26.7. The first-order chi connectivity index (χ1) is 18.0. The first-order valence-electron chi connectivity index (χ1n) is 12.4. The van der Waals surface area contributed by atoms with Crippen LogP contribution in [0.3, 0.4) is 0 Å². The minimum Gasteiger partial charge on any atom is -0.486 e. The number of benzene rings is 4. The van der Waals surface area contributed by atoms with Crippen LogP contribution in [-0.2, 0) is 4.79 Å². The molecule has 0 bridgehead atoms. The first-order valence-corrected chi connectivity index (χ1v) is 12.4. The van der Waals surface area contributed by atoms with E-state index in [-0.39, 0.29) is 30.4 Å². The number of fused-ring (bicyclic) bond motifs is 2. The topological polar surface area (TPSA) is 71.0 Å². The van der Waals surface area contributed by atoms with Crippen LogP contribution < -0.4 is 19.7 Å². The van der Waals surface area contributed by atoms with Crippen LogP contribution in [-0.4, -0.2) is 36.9 Å². The maximum absolute atomic E-state index is 14.1. The Morgan fingerprint density at radius 2 is 1.87 bits per heavy atom. The van der Waals surface area contributed by atoms with Crippen LogP contribution >= 0.6 is 12.4 Å². The lowest BCUT2D eigenvalue weighted by Crippen LogP contribution is -2.39. The molecule has 0 fully saturated rings. The number of rotatable bonds is 9. The number of carbonyl (C=O) groups is 1. The zero-order valence-corrected chi connectivity index (χ0v) is 21.8. The van der Waals surface area contributed by atoms with Gasteiger partial charge in [-0.15, -0.1) is 12.4 Å². The molecule has 1 aliphatic rings. The van der Waals surface area contributed by atoms with E-state index in [1.54, 1.807) is 18.2 Å². The van der Waals surface area contributed by atoms with E-state index in [1.807, 2.05) is 18.2 Å². The van der Waals surface area contributed by atoms with Gasteiger partial charge in [0.15, 0.2) is 6.61 Å². The van der Waals surface area contributed by atoms with Gasteiger partial charge in [0.2, 0.25) is 0 Å². The molecule has 4 aromatic rings. The fourth-order valence-corrected chi connectivity index (χ4v) is 4.79. The number of halogens is 2. The van der Waals surface area contributed by atoms with E-state index in [4.69, 9.17) is 14.6 Å². The lowest BCUT2D eigenvalue weighted by atomic mass is 9.99. The fraction of sp³-hybridized carbons (Fsp3) is 0.233. The van der Waals surface area contributed by atoms with Crippen molar-refractivity contribution in [1.29, 1.82) is 0 Å². The van der Waals surface area contributed by atoms with Crippen molar-refractivity contribution < 1.29 is 23.8 Å². The van der Waals surface area contributed by atoms with Gasteiger partial charge in [-0.1, -0.05) is 42.5 Å². The van der Waals surface area contributed by atoms with E-state index in [0.717, 1.165) is 24.3 Å². The third kappa shape index (κ3) is 6.18. The molecule has 0 aliphatic carbocycles. The van der Waals surface area contributed by atoms with Gasteiger partial charge in [0.1, 0.15) is 23.4 Å². The predicted molar refractivity (Wildman–Crippen MR) is 150 cm³/mol. The molecule has 1 unspecified atom stereocenters. The fourth-order valence-electron chi connectivity index (χ4n) is 4.79. The number of carboxylic acids is 1. The molecule has 0 spiro atoms. The van der Waals surface area contributed by atoms with E-state index in [1.165, 1.54) is 28.5 Å². The number of aliphatic carboxylic acids is 1. The number of nitrogens with zero attached hydrogens (tertiary/aromatic N) is 1. The number of carboxylic acid groups (broad SMARTS) is 1. The van der Waals surface area contributed by atoms with Gasteiger partial charge < -0.3 is 24.8 Å². The molecule has 1 heterocycles. The second-order valence-corrected chi connectivity index (χ2v) is 9.17. The minimum absolute atomic E-state index is 0.